The van der Waals surface area contributed by atoms with Gasteiger partial charge >= 0.3 is 0 Å². The Hall–Kier alpha value is 0.430. The fraction of sp³-hybridized carbons (Fsp3) is 0.733. The topological polar surface area (TPSA) is 12.0 Å². The predicted octanol–water partition coefficient (Wildman–Crippen LogP) is 6.18. The molecular weight excluding hydrogens is 342 g/mol. The van der Waals surface area contributed by atoms with Crippen molar-refractivity contribution in [2.24, 2.45) is 5.41 Å². The molecule has 1 fully saturated rings. The smallest absolute Gasteiger partial charge is 0.107 e. The molecule has 4 heteroatoms. The third-order valence-corrected chi connectivity index (χ3v) is 7.00. The van der Waals surface area contributed by atoms with Gasteiger partial charge in [-0.15, -0.1) is 11.3 Å². The number of halogens is 2. The monoisotopic (exact) mass is 363 g/mol. The largest absolute Gasteiger partial charge is 0.309 e. The molecular formula is C15H23BrClNS. The van der Waals surface area contributed by atoms with Crippen molar-refractivity contribution < 1.29 is 0 Å². The maximum Gasteiger partial charge on any atom is 0.107 e. The second-order valence-electron chi connectivity index (χ2n) is 5.58. The average molecular weight is 365 g/mol. The third kappa shape index (κ3) is 3.37. The van der Waals surface area contributed by atoms with E-state index in [1.54, 1.807) is 11.3 Å². The Morgan fingerprint density at radius 3 is 2.58 bits per heavy atom. The van der Waals surface area contributed by atoms with E-state index in [4.69, 9.17) is 11.6 Å². The SMILES string of the molecule is CCCNC(c1cc(Br)c(Cl)s1)C1(CC)CCCC1. The van der Waals surface area contributed by atoms with E-state index in [0.717, 1.165) is 15.4 Å². The lowest BCUT2D eigenvalue weighted by molar-refractivity contribution is 0.190. The molecule has 0 saturated heterocycles. The van der Waals surface area contributed by atoms with Crippen LogP contribution in [0.4, 0.5) is 0 Å². The van der Waals surface area contributed by atoms with E-state index in [-0.39, 0.29) is 0 Å². The maximum atomic E-state index is 6.25. The van der Waals surface area contributed by atoms with Crippen molar-refractivity contribution in [3.8, 4) is 0 Å². The first kappa shape index (κ1) is 15.8. The minimum atomic E-state index is 0.433. The molecule has 1 N–H and O–H groups in total. The highest BCUT2D eigenvalue weighted by atomic mass is 79.9. The number of hydrogen-bond acceptors (Lipinski definition) is 2. The van der Waals surface area contributed by atoms with Crippen LogP contribution in [-0.2, 0) is 0 Å². The summed E-state index contributed by atoms with van der Waals surface area (Å²) in [6.45, 7) is 5.66. The lowest BCUT2D eigenvalue weighted by Gasteiger charge is -2.37. The number of rotatable bonds is 6. The highest BCUT2D eigenvalue weighted by Crippen LogP contribution is 2.52. The van der Waals surface area contributed by atoms with Crippen molar-refractivity contribution in [1.29, 1.82) is 0 Å². The molecule has 1 aliphatic carbocycles. The molecule has 108 valence electrons. The highest BCUT2D eigenvalue weighted by molar-refractivity contribution is 9.10. The van der Waals surface area contributed by atoms with E-state index in [1.165, 1.54) is 43.4 Å². The average Bonchev–Trinajstić information content (AvgIpc) is 2.99. The van der Waals surface area contributed by atoms with Gasteiger partial charge in [0.05, 0.1) is 0 Å². The lowest BCUT2D eigenvalue weighted by atomic mass is 9.75. The van der Waals surface area contributed by atoms with Crippen molar-refractivity contribution >= 4 is 38.9 Å². The molecule has 0 aromatic carbocycles. The Balaban J connectivity index is 2.29. The predicted molar refractivity (Wildman–Crippen MR) is 89.3 cm³/mol. The zero-order valence-corrected chi connectivity index (χ0v) is 14.9. The molecule has 0 spiro atoms. The van der Waals surface area contributed by atoms with E-state index >= 15 is 0 Å². The van der Waals surface area contributed by atoms with Crippen molar-refractivity contribution in [2.75, 3.05) is 6.54 Å². The van der Waals surface area contributed by atoms with Crippen molar-refractivity contribution in [2.45, 2.75) is 58.4 Å². The van der Waals surface area contributed by atoms with Crippen molar-refractivity contribution in [1.82, 2.24) is 5.32 Å². The van der Waals surface area contributed by atoms with Crippen LogP contribution < -0.4 is 5.32 Å². The molecule has 1 atom stereocenters. The minimum absolute atomic E-state index is 0.433. The lowest BCUT2D eigenvalue weighted by Crippen LogP contribution is -2.36. The standard InChI is InChI=1S/C15H23BrClNS/c1-3-9-18-13(12-10-11(16)14(17)19-12)15(4-2)7-5-6-8-15/h10,13,18H,3-9H2,1-2H3. The molecule has 1 aromatic rings. The van der Waals surface area contributed by atoms with E-state index in [9.17, 15) is 0 Å². The summed E-state index contributed by atoms with van der Waals surface area (Å²) in [6.07, 6.45) is 7.87. The molecule has 0 aliphatic heterocycles. The molecule has 0 amide bonds. The molecule has 19 heavy (non-hydrogen) atoms. The maximum absolute atomic E-state index is 6.25. The first-order valence-electron chi connectivity index (χ1n) is 7.31. The third-order valence-electron chi connectivity index (χ3n) is 4.46. The van der Waals surface area contributed by atoms with Crippen LogP contribution in [0, 0.1) is 5.41 Å². The molecule has 0 bridgehead atoms. The summed E-state index contributed by atoms with van der Waals surface area (Å²) in [7, 11) is 0. The van der Waals surface area contributed by atoms with Gasteiger partial charge in [0.15, 0.2) is 0 Å². The van der Waals surface area contributed by atoms with E-state index in [1.807, 2.05) is 0 Å². The number of hydrogen-bond donors (Lipinski definition) is 1. The summed E-state index contributed by atoms with van der Waals surface area (Å²) < 4.78 is 1.92. The van der Waals surface area contributed by atoms with Crippen LogP contribution in [0.3, 0.4) is 0 Å². The fourth-order valence-electron chi connectivity index (χ4n) is 3.34. The minimum Gasteiger partial charge on any atom is -0.309 e. The Kier molecular flexibility index (Phi) is 5.77. The van der Waals surface area contributed by atoms with Gasteiger partial charge in [0, 0.05) is 15.4 Å². The summed E-state index contributed by atoms with van der Waals surface area (Å²) in [4.78, 5) is 1.40. The Morgan fingerprint density at radius 1 is 1.42 bits per heavy atom. The van der Waals surface area contributed by atoms with E-state index in [0.29, 0.717) is 11.5 Å². The quantitative estimate of drug-likeness (QED) is 0.636. The van der Waals surface area contributed by atoms with Crippen LogP contribution >= 0.6 is 38.9 Å². The summed E-state index contributed by atoms with van der Waals surface area (Å²) in [5, 5.41) is 3.79. The number of nitrogens with one attached hydrogen (secondary N) is 1. The van der Waals surface area contributed by atoms with Gasteiger partial charge in [0.1, 0.15) is 4.34 Å². The van der Waals surface area contributed by atoms with E-state index in [2.05, 4.69) is 41.2 Å². The van der Waals surface area contributed by atoms with Crippen LogP contribution in [0.25, 0.3) is 0 Å². The number of thiophene rings is 1. The fourth-order valence-corrected chi connectivity index (χ4v) is 5.29. The zero-order valence-electron chi connectivity index (χ0n) is 11.8. The Morgan fingerprint density at radius 2 is 2.11 bits per heavy atom. The Labute approximate surface area is 134 Å². The molecule has 2 rings (SSSR count). The molecule has 1 heterocycles. The van der Waals surface area contributed by atoms with Gasteiger partial charge in [-0.1, -0.05) is 38.3 Å². The second kappa shape index (κ2) is 6.93. The highest BCUT2D eigenvalue weighted by Gasteiger charge is 2.41. The molecule has 1 aliphatic rings. The molecule has 1 aromatic heterocycles. The molecule has 1 saturated carbocycles. The van der Waals surface area contributed by atoms with Gasteiger partial charge in [-0.3, -0.25) is 0 Å². The second-order valence-corrected chi connectivity index (χ2v) is 8.12. The normalized spacial score (nSPS) is 19.8. The van der Waals surface area contributed by atoms with Gasteiger partial charge in [0.2, 0.25) is 0 Å². The molecule has 1 nitrogen and oxygen atoms in total. The first-order chi connectivity index (χ1) is 9.13. The van der Waals surface area contributed by atoms with Crippen LogP contribution in [0.1, 0.15) is 63.3 Å². The van der Waals surface area contributed by atoms with Crippen molar-refractivity contribution in [3.05, 3.63) is 19.8 Å². The van der Waals surface area contributed by atoms with Crippen LogP contribution in [0.5, 0.6) is 0 Å². The van der Waals surface area contributed by atoms with Gasteiger partial charge in [-0.25, -0.2) is 0 Å². The van der Waals surface area contributed by atoms with Crippen molar-refractivity contribution in [3.63, 3.8) is 0 Å². The first-order valence-corrected chi connectivity index (χ1v) is 9.30. The van der Waals surface area contributed by atoms with E-state index < -0.39 is 0 Å². The summed E-state index contributed by atoms with van der Waals surface area (Å²) in [5.41, 5.74) is 0.433. The summed E-state index contributed by atoms with van der Waals surface area (Å²) in [5.74, 6) is 0. The molecule has 0 radical (unpaired) electrons. The Bertz CT molecular complexity index is 393. The van der Waals surface area contributed by atoms with Gasteiger partial charge in [-0.05, 0) is 59.6 Å². The molecule has 1 unspecified atom stereocenters. The zero-order chi connectivity index (χ0) is 13.9. The van der Waals surface area contributed by atoms with Crippen LogP contribution in [0.15, 0.2) is 10.5 Å². The van der Waals surface area contributed by atoms with Crippen LogP contribution in [0.2, 0.25) is 4.34 Å². The summed E-state index contributed by atoms with van der Waals surface area (Å²) in [6, 6.07) is 2.68. The van der Waals surface area contributed by atoms with Gasteiger partial charge < -0.3 is 5.32 Å². The van der Waals surface area contributed by atoms with Gasteiger partial charge in [0.25, 0.3) is 0 Å². The van der Waals surface area contributed by atoms with Crippen LogP contribution in [-0.4, -0.2) is 6.54 Å². The van der Waals surface area contributed by atoms with Gasteiger partial charge in [-0.2, -0.15) is 0 Å². The summed E-state index contributed by atoms with van der Waals surface area (Å²) >= 11 is 11.5.